The molecule has 0 bridgehead atoms. The third-order valence-electron chi connectivity index (χ3n) is 6.42. The molecular formula is C29H29N3O5. The highest BCUT2D eigenvalue weighted by molar-refractivity contribution is 6.05. The lowest BCUT2D eigenvalue weighted by atomic mass is 9.96. The average molecular weight is 500 g/mol. The van der Waals surface area contributed by atoms with Gasteiger partial charge in [-0.1, -0.05) is 42.5 Å². The van der Waals surface area contributed by atoms with Crippen molar-refractivity contribution in [3.05, 3.63) is 101 Å². The van der Waals surface area contributed by atoms with Crippen molar-refractivity contribution >= 4 is 23.9 Å². The molecular weight excluding hydrogens is 470 g/mol. The van der Waals surface area contributed by atoms with Crippen LogP contribution >= 0.6 is 0 Å². The minimum absolute atomic E-state index is 0.136. The number of aliphatic carboxylic acids is 1. The molecule has 0 aromatic heterocycles. The molecule has 1 atom stereocenters. The third-order valence-corrected chi connectivity index (χ3v) is 6.42. The standard InChI is InChI=1S/C29H29N3O5/c30-31-18-21-9-11-22(12-10-21)29(36)32-16-4-7-25(32)28(35)24-14-15-26(37-19-27(33)34)23(17-24)13-8-20-5-2-1-3-6-20/h1-3,5-6,9-12,14-15,17-18,25H,4,7-8,13,16,19,30H2,(H,33,34)/t25-/m1/s1. The van der Waals surface area contributed by atoms with Crippen LogP contribution in [0.2, 0.25) is 0 Å². The number of Topliss-reactive ketones (excluding diaryl/α,β-unsaturated/α-hetero) is 1. The molecule has 1 aliphatic rings. The predicted molar refractivity (Wildman–Crippen MR) is 140 cm³/mol. The van der Waals surface area contributed by atoms with E-state index in [2.05, 4.69) is 5.10 Å². The maximum absolute atomic E-state index is 13.6. The predicted octanol–water partition coefficient (Wildman–Crippen LogP) is 3.72. The number of carbonyl (C=O) groups is 3. The van der Waals surface area contributed by atoms with Gasteiger partial charge in [0.1, 0.15) is 5.75 Å². The van der Waals surface area contributed by atoms with Crippen LogP contribution in [0.3, 0.4) is 0 Å². The quantitative estimate of drug-likeness (QED) is 0.190. The van der Waals surface area contributed by atoms with Crippen molar-refractivity contribution < 1.29 is 24.2 Å². The monoisotopic (exact) mass is 499 g/mol. The van der Waals surface area contributed by atoms with Crippen LogP contribution in [0.1, 0.15) is 50.2 Å². The van der Waals surface area contributed by atoms with Crippen LogP contribution < -0.4 is 10.6 Å². The Morgan fingerprint density at radius 1 is 1.00 bits per heavy atom. The molecule has 0 saturated carbocycles. The summed E-state index contributed by atoms with van der Waals surface area (Å²) in [7, 11) is 0. The van der Waals surface area contributed by atoms with Gasteiger partial charge in [0.25, 0.3) is 5.91 Å². The second-order valence-corrected chi connectivity index (χ2v) is 8.91. The van der Waals surface area contributed by atoms with Gasteiger partial charge in [-0.15, -0.1) is 0 Å². The molecule has 4 rings (SSSR count). The molecule has 1 fully saturated rings. The number of benzene rings is 3. The summed E-state index contributed by atoms with van der Waals surface area (Å²) in [6.07, 6.45) is 4.10. The molecule has 0 unspecified atom stereocenters. The van der Waals surface area contributed by atoms with Crippen molar-refractivity contribution in [1.82, 2.24) is 4.90 Å². The van der Waals surface area contributed by atoms with Crippen molar-refractivity contribution in [2.24, 2.45) is 10.9 Å². The van der Waals surface area contributed by atoms with Gasteiger partial charge >= 0.3 is 5.97 Å². The van der Waals surface area contributed by atoms with Crippen LogP contribution in [0, 0.1) is 0 Å². The molecule has 8 nitrogen and oxygen atoms in total. The summed E-state index contributed by atoms with van der Waals surface area (Å²) >= 11 is 0. The Kier molecular flexibility index (Phi) is 8.30. The average Bonchev–Trinajstić information content (AvgIpc) is 3.41. The Bertz CT molecular complexity index is 1290. The van der Waals surface area contributed by atoms with Gasteiger partial charge in [0, 0.05) is 17.7 Å². The lowest BCUT2D eigenvalue weighted by Crippen LogP contribution is -2.40. The van der Waals surface area contributed by atoms with Gasteiger partial charge in [0.05, 0.1) is 12.3 Å². The molecule has 3 aromatic rings. The first-order valence-corrected chi connectivity index (χ1v) is 12.2. The van der Waals surface area contributed by atoms with E-state index < -0.39 is 18.6 Å². The highest BCUT2D eigenvalue weighted by atomic mass is 16.5. The van der Waals surface area contributed by atoms with Crippen LogP contribution in [0.15, 0.2) is 77.9 Å². The number of carboxylic acid groups (broad SMARTS) is 1. The van der Waals surface area contributed by atoms with E-state index in [9.17, 15) is 14.4 Å². The molecule has 1 aliphatic heterocycles. The van der Waals surface area contributed by atoms with E-state index in [4.69, 9.17) is 15.7 Å². The number of hydrazone groups is 1. The van der Waals surface area contributed by atoms with Crippen LogP contribution in [0.5, 0.6) is 5.75 Å². The lowest BCUT2D eigenvalue weighted by Gasteiger charge is -2.24. The minimum atomic E-state index is -1.07. The Hall–Kier alpha value is -4.46. The van der Waals surface area contributed by atoms with Gasteiger partial charge in [0.15, 0.2) is 12.4 Å². The van der Waals surface area contributed by atoms with Crippen molar-refractivity contribution in [2.75, 3.05) is 13.2 Å². The molecule has 1 saturated heterocycles. The van der Waals surface area contributed by atoms with Gasteiger partial charge in [-0.25, -0.2) is 4.79 Å². The third kappa shape index (κ3) is 6.41. The smallest absolute Gasteiger partial charge is 0.341 e. The molecule has 37 heavy (non-hydrogen) atoms. The number of carboxylic acids is 1. The van der Waals surface area contributed by atoms with E-state index in [-0.39, 0.29) is 11.7 Å². The first-order chi connectivity index (χ1) is 18.0. The molecule has 1 amide bonds. The number of hydrogen-bond acceptors (Lipinski definition) is 6. The van der Waals surface area contributed by atoms with Crippen molar-refractivity contribution in [2.45, 2.75) is 31.7 Å². The SMILES string of the molecule is NN=Cc1ccc(C(=O)N2CCC[C@@H]2C(=O)c2ccc(OCC(=O)O)c(CCc3ccccc3)c2)cc1. The zero-order valence-corrected chi connectivity index (χ0v) is 20.4. The normalized spacial score (nSPS) is 15.1. The van der Waals surface area contributed by atoms with Gasteiger partial charge in [-0.3, -0.25) is 9.59 Å². The number of amides is 1. The fraction of sp³-hybridized carbons (Fsp3) is 0.241. The van der Waals surface area contributed by atoms with Crippen molar-refractivity contribution in [3.63, 3.8) is 0 Å². The molecule has 190 valence electrons. The van der Waals surface area contributed by atoms with Gasteiger partial charge < -0.3 is 20.6 Å². The number of nitrogens with two attached hydrogens (primary N) is 1. The molecule has 0 spiro atoms. The summed E-state index contributed by atoms with van der Waals surface area (Å²) in [5, 5.41) is 12.5. The highest BCUT2D eigenvalue weighted by Crippen LogP contribution is 2.27. The number of aryl methyl sites for hydroxylation is 2. The maximum Gasteiger partial charge on any atom is 0.341 e. The summed E-state index contributed by atoms with van der Waals surface area (Å²) < 4.78 is 5.50. The Morgan fingerprint density at radius 3 is 2.43 bits per heavy atom. The number of ketones is 1. The number of nitrogens with zero attached hydrogens (tertiary/aromatic N) is 2. The zero-order chi connectivity index (χ0) is 26.2. The molecule has 1 heterocycles. The molecule has 0 radical (unpaired) electrons. The fourth-order valence-electron chi connectivity index (χ4n) is 4.57. The highest BCUT2D eigenvalue weighted by Gasteiger charge is 2.35. The van der Waals surface area contributed by atoms with Crippen molar-refractivity contribution in [1.29, 1.82) is 0 Å². The minimum Gasteiger partial charge on any atom is -0.482 e. The summed E-state index contributed by atoms with van der Waals surface area (Å²) in [4.78, 5) is 39.5. The molecule has 8 heteroatoms. The largest absolute Gasteiger partial charge is 0.482 e. The van der Waals surface area contributed by atoms with Crippen LogP contribution in [-0.4, -0.2) is 53.1 Å². The molecule has 3 aromatic carbocycles. The topological polar surface area (TPSA) is 122 Å². The first-order valence-electron chi connectivity index (χ1n) is 12.2. The summed E-state index contributed by atoms with van der Waals surface area (Å²) in [6.45, 7) is 0.0361. The Morgan fingerprint density at radius 2 is 1.73 bits per heavy atom. The fourth-order valence-corrected chi connectivity index (χ4v) is 4.57. The Balaban J connectivity index is 1.54. The van der Waals surface area contributed by atoms with E-state index in [1.165, 1.54) is 6.21 Å². The van der Waals surface area contributed by atoms with E-state index in [1.54, 1.807) is 47.4 Å². The second kappa shape index (κ2) is 12.0. The summed E-state index contributed by atoms with van der Waals surface area (Å²) in [5.74, 6) is 4.22. The van der Waals surface area contributed by atoms with Gasteiger partial charge in [-0.05, 0) is 72.7 Å². The van der Waals surface area contributed by atoms with E-state index in [0.717, 1.165) is 23.1 Å². The number of ether oxygens (including phenoxy) is 1. The van der Waals surface area contributed by atoms with Crippen LogP contribution in [0.4, 0.5) is 0 Å². The second-order valence-electron chi connectivity index (χ2n) is 8.91. The van der Waals surface area contributed by atoms with E-state index >= 15 is 0 Å². The number of carbonyl (C=O) groups excluding carboxylic acids is 2. The number of rotatable bonds is 10. The van der Waals surface area contributed by atoms with E-state index in [1.807, 2.05) is 30.3 Å². The Labute approximate surface area is 215 Å². The maximum atomic E-state index is 13.6. The lowest BCUT2D eigenvalue weighted by molar-refractivity contribution is -0.139. The summed E-state index contributed by atoms with van der Waals surface area (Å²) in [6, 6.07) is 21.3. The van der Waals surface area contributed by atoms with E-state index in [0.29, 0.717) is 42.7 Å². The van der Waals surface area contributed by atoms with Gasteiger partial charge in [-0.2, -0.15) is 5.10 Å². The first kappa shape index (κ1) is 25.6. The van der Waals surface area contributed by atoms with Gasteiger partial charge in [0.2, 0.25) is 0 Å². The number of likely N-dealkylation sites (tertiary alicyclic amines) is 1. The molecule has 0 aliphatic carbocycles. The molecule has 3 N–H and O–H groups in total. The zero-order valence-electron chi connectivity index (χ0n) is 20.4. The summed E-state index contributed by atoms with van der Waals surface area (Å²) in [5.41, 5.74) is 3.63. The van der Waals surface area contributed by atoms with Crippen LogP contribution in [0.25, 0.3) is 0 Å². The van der Waals surface area contributed by atoms with Crippen LogP contribution in [-0.2, 0) is 17.6 Å². The number of hydrogen-bond donors (Lipinski definition) is 2. The van der Waals surface area contributed by atoms with Crippen molar-refractivity contribution in [3.8, 4) is 5.75 Å².